The van der Waals surface area contributed by atoms with Gasteiger partial charge in [-0.25, -0.2) is 4.79 Å². The van der Waals surface area contributed by atoms with Gasteiger partial charge >= 0.3 is 11.9 Å². The number of rotatable bonds is 3. The highest BCUT2D eigenvalue weighted by Gasteiger charge is 2.16. The molecule has 5 nitrogen and oxygen atoms in total. The third-order valence-corrected chi connectivity index (χ3v) is 0.653. The molecule has 0 spiro atoms. The Morgan fingerprint density at radius 2 is 1.64 bits per heavy atom. The van der Waals surface area contributed by atoms with Crippen molar-refractivity contribution in [2.75, 3.05) is 0 Å². The fraction of sp³-hybridized carbons (Fsp3) is 0.333. The van der Waals surface area contributed by atoms with E-state index in [-0.39, 0.29) is 0 Å². The van der Waals surface area contributed by atoms with E-state index in [2.05, 4.69) is 13.2 Å². The Balaban J connectivity index is 0. The van der Waals surface area contributed by atoms with Crippen molar-refractivity contribution in [3.63, 3.8) is 0 Å². The van der Waals surface area contributed by atoms with E-state index >= 15 is 0 Å². The Bertz CT molecular complexity index is 142. The molecule has 0 amide bonds. The molecular formula is C6H10O5. The van der Waals surface area contributed by atoms with Crippen molar-refractivity contribution in [3.8, 4) is 0 Å². The van der Waals surface area contributed by atoms with E-state index in [1.54, 1.807) is 0 Å². The van der Waals surface area contributed by atoms with Crippen LogP contribution in [-0.4, -0.2) is 33.4 Å². The molecule has 0 saturated carbocycles. The second kappa shape index (κ2) is 6.76. The van der Waals surface area contributed by atoms with Crippen molar-refractivity contribution in [2.24, 2.45) is 0 Å². The summed E-state index contributed by atoms with van der Waals surface area (Å²) in [5, 5.41) is 24.1. The highest BCUT2D eigenvalue weighted by atomic mass is 16.4. The van der Waals surface area contributed by atoms with E-state index in [1.807, 2.05) is 0 Å². The second-order valence-electron chi connectivity index (χ2n) is 1.45. The Morgan fingerprint density at radius 1 is 1.27 bits per heavy atom. The number of carboxylic acid groups (broad SMARTS) is 2. The molecule has 0 bridgehead atoms. The lowest BCUT2D eigenvalue weighted by atomic mass is 10.3. The lowest BCUT2D eigenvalue weighted by molar-refractivity contribution is -0.152. The Hall–Kier alpha value is -1.36. The molecule has 0 fully saturated rings. The predicted octanol–water partition coefficient (Wildman–Crippen LogP) is -0.291. The molecule has 0 aromatic rings. The maximum atomic E-state index is 9.72. The topological polar surface area (TPSA) is 94.8 Å². The molecule has 0 radical (unpaired) electrons. The normalized spacial score (nSPS) is 10.6. The largest absolute Gasteiger partial charge is 0.481 e. The first kappa shape index (κ1) is 12.3. The van der Waals surface area contributed by atoms with Gasteiger partial charge in [0.05, 0.1) is 6.42 Å². The maximum absolute atomic E-state index is 9.72. The van der Waals surface area contributed by atoms with Crippen molar-refractivity contribution in [1.29, 1.82) is 0 Å². The summed E-state index contributed by atoms with van der Waals surface area (Å²) < 4.78 is 0. The molecule has 0 aromatic carbocycles. The van der Waals surface area contributed by atoms with Crippen LogP contribution in [0.3, 0.4) is 0 Å². The van der Waals surface area contributed by atoms with Crippen LogP contribution in [0.25, 0.3) is 0 Å². The number of aliphatic hydroxyl groups is 1. The van der Waals surface area contributed by atoms with Crippen LogP contribution < -0.4 is 0 Å². The second-order valence-corrected chi connectivity index (χ2v) is 1.45. The van der Waals surface area contributed by atoms with Gasteiger partial charge in [-0.15, -0.1) is 13.2 Å². The molecule has 0 aliphatic heterocycles. The molecule has 0 aromatic heterocycles. The van der Waals surface area contributed by atoms with E-state index in [0.29, 0.717) is 0 Å². The van der Waals surface area contributed by atoms with Crippen LogP contribution >= 0.6 is 0 Å². The summed E-state index contributed by atoms with van der Waals surface area (Å²) in [6.45, 7) is 6.00. The minimum atomic E-state index is -1.79. The van der Waals surface area contributed by atoms with Crippen LogP contribution in [0.1, 0.15) is 6.42 Å². The highest BCUT2D eigenvalue weighted by molar-refractivity contribution is 5.79. The molecule has 11 heavy (non-hydrogen) atoms. The minimum absolute atomic E-state index is 0.755. The fourth-order valence-corrected chi connectivity index (χ4v) is 0.253. The molecule has 64 valence electrons. The van der Waals surface area contributed by atoms with Gasteiger partial charge in [0, 0.05) is 0 Å². The van der Waals surface area contributed by atoms with Crippen LogP contribution in [0, 0.1) is 0 Å². The third-order valence-electron chi connectivity index (χ3n) is 0.653. The van der Waals surface area contributed by atoms with Gasteiger partial charge in [-0.2, -0.15) is 0 Å². The van der Waals surface area contributed by atoms with Gasteiger partial charge in [0.1, 0.15) is 0 Å². The summed E-state index contributed by atoms with van der Waals surface area (Å²) >= 11 is 0. The van der Waals surface area contributed by atoms with Gasteiger partial charge in [0.15, 0.2) is 6.10 Å². The average Bonchev–Trinajstić information content (AvgIpc) is 1.90. The first-order chi connectivity index (χ1) is 5.04. The number of aliphatic carboxylic acids is 2. The van der Waals surface area contributed by atoms with Gasteiger partial charge in [-0.1, -0.05) is 0 Å². The van der Waals surface area contributed by atoms with Crippen molar-refractivity contribution >= 4 is 11.9 Å². The first-order valence-corrected chi connectivity index (χ1v) is 2.66. The molecule has 0 heterocycles. The molecule has 0 aliphatic rings. The van der Waals surface area contributed by atoms with E-state index in [0.717, 1.165) is 0 Å². The Kier molecular flexibility index (Phi) is 7.57. The quantitative estimate of drug-likeness (QED) is 0.495. The maximum Gasteiger partial charge on any atom is 0.333 e. The summed E-state index contributed by atoms with van der Waals surface area (Å²) in [7, 11) is 0. The molecule has 1 unspecified atom stereocenters. The SMILES string of the molecule is C=C.O=C(O)CC(O)C(=O)O. The lowest BCUT2D eigenvalue weighted by Crippen LogP contribution is -2.22. The molecule has 3 N–H and O–H groups in total. The van der Waals surface area contributed by atoms with Gasteiger partial charge in [0.25, 0.3) is 0 Å². The van der Waals surface area contributed by atoms with Gasteiger partial charge < -0.3 is 15.3 Å². The molecule has 1 atom stereocenters. The zero-order valence-corrected chi connectivity index (χ0v) is 5.86. The number of carboxylic acids is 2. The van der Waals surface area contributed by atoms with E-state index in [1.165, 1.54) is 0 Å². The monoisotopic (exact) mass is 162 g/mol. The van der Waals surface area contributed by atoms with Gasteiger partial charge in [-0.05, 0) is 0 Å². The van der Waals surface area contributed by atoms with Crippen molar-refractivity contribution in [1.82, 2.24) is 0 Å². The zero-order chi connectivity index (χ0) is 9.44. The van der Waals surface area contributed by atoms with Gasteiger partial charge in [0.2, 0.25) is 0 Å². The van der Waals surface area contributed by atoms with Crippen LogP contribution in [0.5, 0.6) is 0 Å². The fourth-order valence-electron chi connectivity index (χ4n) is 0.253. The Morgan fingerprint density at radius 3 is 1.73 bits per heavy atom. The summed E-state index contributed by atoms with van der Waals surface area (Å²) in [5.41, 5.74) is 0. The van der Waals surface area contributed by atoms with Crippen LogP contribution in [0.15, 0.2) is 13.2 Å². The molecular weight excluding hydrogens is 152 g/mol. The number of aliphatic hydroxyl groups excluding tert-OH is 1. The van der Waals surface area contributed by atoms with E-state index in [9.17, 15) is 9.59 Å². The summed E-state index contributed by atoms with van der Waals surface area (Å²) in [5.74, 6) is -2.85. The van der Waals surface area contributed by atoms with E-state index in [4.69, 9.17) is 15.3 Å². The number of hydrogen-bond donors (Lipinski definition) is 3. The third kappa shape index (κ3) is 8.64. The first-order valence-electron chi connectivity index (χ1n) is 2.66. The smallest absolute Gasteiger partial charge is 0.333 e. The standard InChI is InChI=1S/C4H6O5.C2H4/c5-2(4(8)9)1-3(6)7;1-2/h2,5H,1H2,(H,6,7)(H,8,9);1-2H2. The number of carbonyl (C=O) groups is 2. The van der Waals surface area contributed by atoms with Gasteiger partial charge in [-0.3, -0.25) is 4.79 Å². The highest BCUT2D eigenvalue weighted by Crippen LogP contribution is 1.89. The summed E-state index contributed by atoms with van der Waals surface area (Å²) in [4.78, 5) is 19.4. The molecule has 5 heteroatoms. The zero-order valence-electron chi connectivity index (χ0n) is 5.86. The molecule has 0 rings (SSSR count). The van der Waals surface area contributed by atoms with Crippen molar-refractivity contribution in [3.05, 3.63) is 13.2 Å². The minimum Gasteiger partial charge on any atom is -0.481 e. The van der Waals surface area contributed by atoms with Crippen molar-refractivity contribution < 1.29 is 24.9 Å². The lowest BCUT2D eigenvalue weighted by Gasteiger charge is -1.97. The predicted molar refractivity (Wildman–Crippen MR) is 37.1 cm³/mol. The van der Waals surface area contributed by atoms with Crippen LogP contribution in [0.4, 0.5) is 0 Å². The summed E-state index contributed by atoms with van der Waals surface area (Å²) in [6.07, 6.45) is -2.54. The number of hydrogen-bond acceptors (Lipinski definition) is 3. The molecule has 0 aliphatic carbocycles. The van der Waals surface area contributed by atoms with Crippen molar-refractivity contribution in [2.45, 2.75) is 12.5 Å². The van der Waals surface area contributed by atoms with E-state index < -0.39 is 24.5 Å². The molecule has 0 saturated heterocycles. The Labute approximate surface area is 63.6 Å². The van der Waals surface area contributed by atoms with Crippen LogP contribution in [-0.2, 0) is 9.59 Å². The average molecular weight is 162 g/mol. The van der Waals surface area contributed by atoms with Crippen LogP contribution in [0.2, 0.25) is 0 Å². The summed E-state index contributed by atoms with van der Waals surface area (Å²) in [6, 6.07) is 0.